The second-order valence-corrected chi connectivity index (χ2v) is 7.98. The Morgan fingerprint density at radius 2 is 1.86 bits per heavy atom. The number of nitrogens with two attached hydrogens (primary N) is 1. The third kappa shape index (κ3) is 4.57. The van der Waals surface area contributed by atoms with Gasteiger partial charge in [0.2, 0.25) is 0 Å². The number of aromatic nitrogens is 6. The molecule has 5 aromatic rings. The average molecular weight is 485 g/mol. The summed E-state index contributed by atoms with van der Waals surface area (Å²) in [4.78, 5) is 35.2. The molecule has 178 valence electrons. The highest BCUT2D eigenvalue weighted by Crippen LogP contribution is 2.24. The van der Waals surface area contributed by atoms with Crippen molar-refractivity contribution in [3.8, 4) is 29.9 Å². The van der Waals surface area contributed by atoms with Gasteiger partial charge in [-0.1, -0.05) is 36.1 Å². The zero-order valence-corrected chi connectivity index (χ0v) is 19.8. The standard InChI is InChI=1S/C28H20N8O/c1-3-19-8-7-11-23-24(19)28(37)36(21-9-5-4-6-10-21)27(35-23)18(2)34-26-22(25(29)32-17-33-26)13-12-20-16-30-14-15-31-20/h1,4-11,14-18H,2H3,(H3,29,32,33,34). The molecule has 3 aromatic heterocycles. The third-order valence-electron chi connectivity index (χ3n) is 5.59. The minimum atomic E-state index is -0.488. The van der Waals surface area contributed by atoms with E-state index in [0.717, 1.165) is 0 Å². The molecular weight excluding hydrogens is 464 g/mol. The largest absolute Gasteiger partial charge is 0.382 e. The molecule has 0 spiro atoms. The van der Waals surface area contributed by atoms with E-state index in [2.05, 4.69) is 43.0 Å². The van der Waals surface area contributed by atoms with Gasteiger partial charge < -0.3 is 11.1 Å². The maximum Gasteiger partial charge on any atom is 0.267 e. The Hall–Kier alpha value is -5.54. The Morgan fingerprint density at radius 3 is 2.62 bits per heavy atom. The number of rotatable bonds is 4. The minimum absolute atomic E-state index is 0.201. The lowest BCUT2D eigenvalue weighted by molar-refractivity contribution is 0.730. The van der Waals surface area contributed by atoms with Crippen LogP contribution in [0.2, 0.25) is 0 Å². The number of hydrogen-bond acceptors (Lipinski definition) is 8. The highest BCUT2D eigenvalue weighted by molar-refractivity contribution is 5.84. The molecule has 0 aliphatic carbocycles. The lowest BCUT2D eigenvalue weighted by Crippen LogP contribution is -2.28. The maximum absolute atomic E-state index is 13.8. The van der Waals surface area contributed by atoms with Crippen LogP contribution in [0, 0.1) is 24.2 Å². The third-order valence-corrected chi connectivity index (χ3v) is 5.59. The molecule has 2 aromatic carbocycles. The van der Waals surface area contributed by atoms with Crippen LogP contribution in [0.4, 0.5) is 11.6 Å². The number of anilines is 2. The zero-order valence-electron chi connectivity index (χ0n) is 19.8. The summed E-state index contributed by atoms with van der Waals surface area (Å²) in [6.07, 6.45) is 11.7. The summed E-state index contributed by atoms with van der Waals surface area (Å²) < 4.78 is 1.55. The molecule has 0 radical (unpaired) electrons. The van der Waals surface area contributed by atoms with Crippen molar-refractivity contribution < 1.29 is 0 Å². The van der Waals surface area contributed by atoms with E-state index in [1.54, 1.807) is 41.4 Å². The Bertz CT molecular complexity index is 1760. The first-order valence-electron chi connectivity index (χ1n) is 11.3. The Morgan fingerprint density at radius 1 is 1.03 bits per heavy atom. The lowest BCUT2D eigenvalue weighted by atomic mass is 10.1. The van der Waals surface area contributed by atoms with Crippen molar-refractivity contribution in [1.29, 1.82) is 0 Å². The van der Waals surface area contributed by atoms with E-state index in [9.17, 15) is 4.79 Å². The Balaban J connectivity index is 1.64. The first-order valence-corrected chi connectivity index (χ1v) is 11.3. The van der Waals surface area contributed by atoms with E-state index in [0.29, 0.717) is 45.1 Å². The maximum atomic E-state index is 13.8. The van der Waals surface area contributed by atoms with E-state index in [4.69, 9.17) is 17.1 Å². The fourth-order valence-electron chi connectivity index (χ4n) is 3.88. The predicted octanol–water partition coefficient (Wildman–Crippen LogP) is 3.10. The average Bonchev–Trinajstić information content (AvgIpc) is 2.93. The van der Waals surface area contributed by atoms with Gasteiger partial charge in [-0.15, -0.1) is 6.42 Å². The SMILES string of the molecule is C#Cc1cccc2nc(C(C)Nc3ncnc(N)c3C#Cc3cnccn3)n(-c3ccccc3)c(=O)c12. The van der Waals surface area contributed by atoms with Gasteiger partial charge >= 0.3 is 0 Å². The van der Waals surface area contributed by atoms with Crippen molar-refractivity contribution in [2.45, 2.75) is 13.0 Å². The van der Waals surface area contributed by atoms with Crippen LogP contribution in [-0.4, -0.2) is 29.5 Å². The van der Waals surface area contributed by atoms with Gasteiger partial charge in [-0.2, -0.15) is 0 Å². The van der Waals surface area contributed by atoms with Crippen LogP contribution in [0.25, 0.3) is 16.6 Å². The molecule has 0 bridgehead atoms. The number of terminal acetylenes is 1. The van der Waals surface area contributed by atoms with Crippen LogP contribution in [0.5, 0.6) is 0 Å². The normalized spacial score (nSPS) is 11.2. The van der Waals surface area contributed by atoms with Gasteiger partial charge in [-0.3, -0.25) is 14.3 Å². The van der Waals surface area contributed by atoms with Crippen molar-refractivity contribution in [2.75, 3.05) is 11.1 Å². The smallest absolute Gasteiger partial charge is 0.267 e. The highest BCUT2D eigenvalue weighted by Gasteiger charge is 2.21. The van der Waals surface area contributed by atoms with E-state index in [1.165, 1.54) is 6.33 Å². The van der Waals surface area contributed by atoms with Crippen LogP contribution in [0.1, 0.15) is 35.6 Å². The van der Waals surface area contributed by atoms with Crippen LogP contribution in [-0.2, 0) is 0 Å². The number of nitrogens with zero attached hydrogens (tertiary/aromatic N) is 6. The quantitative estimate of drug-likeness (QED) is 0.373. The molecule has 0 aliphatic rings. The Labute approximate surface area is 212 Å². The molecule has 5 rings (SSSR count). The van der Waals surface area contributed by atoms with E-state index in [-0.39, 0.29) is 11.4 Å². The van der Waals surface area contributed by atoms with Gasteiger partial charge in [-0.05, 0) is 37.1 Å². The number of nitrogen functional groups attached to an aromatic ring is 1. The highest BCUT2D eigenvalue weighted by atomic mass is 16.1. The number of fused-ring (bicyclic) bond motifs is 1. The molecule has 3 heterocycles. The summed E-state index contributed by atoms with van der Waals surface area (Å²) in [6.45, 7) is 1.87. The van der Waals surface area contributed by atoms with Gasteiger partial charge in [0.05, 0.1) is 28.8 Å². The van der Waals surface area contributed by atoms with Crippen LogP contribution in [0.3, 0.4) is 0 Å². The predicted molar refractivity (Wildman–Crippen MR) is 142 cm³/mol. The van der Waals surface area contributed by atoms with Crippen molar-refractivity contribution >= 4 is 22.5 Å². The van der Waals surface area contributed by atoms with Crippen LogP contribution in [0.15, 0.2) is 78.2 Å². The van der Waals surface area contributed by atoms with Gasteiger partial charge in [-0.25, -0.2) is 19.9 Å². The summed E-state index contributed by atoms with van der Waals surface area (Å²) in [6, 6.07) is 14.1. The Kier molecular flexibility index (Phi) is 6.26. The first-order chi connectivity index (χ1) is 18.1. The molecule has 37 heavy (non-hydrogen) atoms. The molecule has 1 atom stereocenters. The van der Waals surface area contributed by atoms with Crippen LogP contribution >= 0.6 is 0 Å². The van der Waals surface area contributed by atoms with E-state index in [1.807, 2.05) is 37.3 Å². The molecular formula is C28H20N8O. The molecule has 9 nitrogen and oxygen atoms in total. The van der Waals surface area contributed by atoms with E-state index < -0.39 is 6.04 Å². The van der Waals surface area contributed by atoms with Gasteiger partial charge in [0.1, 0.15) is 35.0 Å². The number of para-hydroxylation sites is 1. The summed E-state index contributed by atoms with van der Waals surface area (Å²) in [7, 11) is 0. The summed E-state index contributed by atoms with van der Waals surface area (Å²) in [5, 5.41) is 3.68. The molecule has 0 aliphatic heterocycles. The molecule has 0 saturated carbocycles. The molecule has 9 heteroatoms. The fourth-order valence-corrected chi connectivity index (χ4v) is 3.88. The number of nitrogens with one attached hydrogen (secondary N) is 1. The molecule has 0 fully saturated rings. The van der Waals surface area contributed by atoms with Crippen molar-refractivity contribution in [2.24, 2.45) is 0 Å². The summed E-state index contributed by atoms with van der Waals surface area (Å²) in [5.41, 5.74) is 8.37. The van der Waals surface area contributed by atoms with Gasteiger partial charge in [0.15, 0.2) is 0 Å². The molecule has 0 amide bonds. The van der Waals surface area contributed by atoms with E-state index >= 15 is 0 Å². The second kappa shape index (κ2) is 9.98. The first kappa shape index (κ1) is 23.2. The number of hydrogen-bond donors (Lipinski definition) is 2. The lowest BCUT2D eigenvalue weighted by Gasteiger charge is -2.21. The molecule has 0 saturated heterocycles. The summed E-state index contributed by atoms with van der Waals surface area (Å²) in [5.74, 6) is 9.55. The second-order valence-electron chi connectivity index (χ2n) is 7.98. The van der Waals surface area contributed by atoms with Crippen LogP contribution < -0.4 is 16.6 Å². The molecule has 1 unspecified atom stereocenters. The fraction of sp³-hybridized carbons (Fsp3) is 0.0714. The molecule has 3 N–H and O–H groups in total. The monoisotopic (exact) mass is 484 g/mol. The van der Waals surface area contributed by atoms with Crippen molar-refractivity contribution in [3.05, 3.63) is 106 Å². The topological polar surface area (TPSA) is 124 Å². The van der Waals surface area contributed by atoms with Gasteiger partial charge in [0.25, 0.3) is 5.56 Å². The van der Waals surface area contributed by atoms with Crippen molar-refractivity contribution in [3.63, 3.8) is 0 Å². The summed E-state index contributed by atoms with van der Waals surface area (Å²) >= 11 is 0. The number of benzene rings is 2. The zero-order chi connectivity index (χ0) is 25.8. The minimum Gasteiger partial charge on any atom is -0.382 e. The van der Waals surface area contributed by atoms with Gasteiger partial charge in [0, 0.05) is 18.0 Å². The van der Waals surface area contributed by atoms with Crippen molar-refractivity contribution in [1.82, 2.24) is 29.5 Å².